The number of rotatable bonds is 2. The third-order valence-electron chi connectivity index (χ3n) is 2.36. The third kappa shape index (κ3) is 3.84. The molecule has 0 N–H and O–H groups in total. The predicted molar refractivity (Wildman–Crippen MR) is 56.2 cm³/mol. The first-order valence-electron chi connectivity index (χ1n) is 4.97. The van der Waals surface area contributed by atoms with Crippen LogP contribution >= 0.6 is 0 Å². The summed E-state index contributed by atoms with van der Waals surface area (Å²) in [5, 5.41) is 0. The predicted octanol–water partition coefficient (Wildman–Crippen LogP) is 4.33. The van der Waals surface area contributed by atoms with E-state index in [1.807, 2.05) is 0 Å². The molecule has 7 heteroatoms. The highest BCUT2D eigenvalue weighted by atomic mass is 19.4. The fraction of sp³-hybridized carbons (Fsp3) is 0.250. The smallest absolute Gasteiger partial charge is 0.299 e. The zero-order valence-electron chi connectivity index (χ0n) is 9.56. The Bertz CT molecular complexity index is 478. The van der Waals surface area contributed by atoms with Gasteiger partial charge in [-0.15, -0.1) is 0 Å². The summed E-state index contributed by atoms with van der Waals surface area (Å²) in [6, 6.07) is 1.19. The summed E-state index contributed by atoms with van der Waals surface area (Å²) in [7, 11) is 0. The van der Waals surface area contributed by atoms with Crippen LogP contribution in [-0.4, -0.2) is 6.29 Å². The number of hydrogen-bond donors (Lipinski definition) is 0. The van der Waals surface area contributed by atoms with E-state index in [-0.39, 0.29) is 17.2 Å². The highest BCUT2D eigenvalue weighted by Gasteiger charge is 2.36. The van der Waals surface area contributed by atoms with Crippen LogP contribution < -0.4 is 0 Å². The first-order chi connectivity index (χ1) is 8.55. The van der Waals surface area contributed by atoms with Crippen molar-refractivity contribution in [2.45, 2.75) is 19.3 Å². The lowest BCUT2D eigenvalue weighted by molar-refractivity contribution is -0.143. The molecule has 0 saturated carbocycles. The molecule has 0 atom stereocenters. The first kappa shape index (κ1) is 15.3. The lowest BCUT2D eigenvalue weighted by Crippen LogP contribution is -2.11. The van der Waals surface area contributed by atoms with Crippen LogP contribution in [0.1, 0.15) is 23.6 Å². The Kier molecular flexibility index (Phi) is 4.07. The fourth-order valence-corrected chi connectivity index (χ4v) is 1.38. The standard InChI is InChI=1S/C12H8F6O/c1-7(2-3-19)8-4-9(11(13,14)15)6-10(5-8)12(16,17)18/h2-6H,1H3/b7-2+. The largest absolute Gasteiger partial charge is 0.416 e. The number of alkyl halides is 6. The van der Waals surface area contributed by atoms with Crippen molar-refractivity contribution in [3.63, 3.8) is 0 Å². The number of benzene rings is 1. The van der Waals surface area contributed by atoms with Crippen LogP contribution in [0.15, 0.2) is 24.3 Å². The Morgan fingerprint density at radius 1 is 0.947 bits per heavy atom. The SMILES string of the molecule is C/C(=C\C=O)c1cc(C(F)(F)F)cc(C(F)(F)F)c1. The summed E-state index contributed by atoms with van der Waals surface area (Å²) < 4.78 is 75.2. The quantitative estimate of drug-likeness (QED) is 0.448. The lowest BCUT2D eigenvalue weighted by atomic mass is 10.00. The number of allylic oxidation sites excluding steroid dienone is 2. The van der Waals surface area contributed by atoms with Crippen molar-refractivity contribution >= 4 is 11.9 Å². The Balaban J connectivity index is 3.50. The summed E-state index contributed by atoms with van der Waals surface area (Å²) in [4.78, 5) is 10.2. The molecule has 0 spiro atoms. The number of carbonyl (C=O) groups is 1. The monoisotopic (exact) mass is 282 g/mol. The molecule has 0 aliphatic heterocycles. The molecule has 104 valence electrons. The molecule has 1 aromatic rings. The lowest BCUT2D eigenvalue weighted by Gasteiger charge is -2.14. The fourth-order valence-electron chi connectivity index (χ4n) is 1.38. The molecular weight excluding hydrogens is 274 g/mol. The molecule has 0 unspecified atom stereocenters. The van der Waals surface area contributed by atoms with Gasteiger partial charge in [0, 0.05) is 0 Å². The topological polar surface area (TPSA) is 17.1 Å². The second kappa shape index (κ2) is 5.07. The van der Waals surface area contributed by atoms with E-state index in [0.29, 0.717) is 18.4 Å². The Hall–Kier alpha value is -1.79. The van der Waals surface area contributed by atoms with Crippen LogP contribution in [0, 0.1) is 0 Å². The summed E-state index contributed by atoms with van der Waals surface area (Å²) in [5.74, 6) is 0. The minimum Gasteiger partial charge on any atom is -0.299 e. The van der Waals surface area contributed by atoms with Gasteiger partial charge in [-0.3, -0.25) is 4.79 Å². The van der Waals surface area contributed by atoms with Crippen molar-refractivity contribution < 1.29 is 31.1 Å². The Labute approximate surface area is 104 Å². The minimum atomic E-state index is -4.89. The maximum Gasteiger partial charge on any atom is 0.416 e. The molecule has 0 bridgehead atoms. The van der Waals surface area contributed by atoms with Crippen molar-refractivity contribution in [2.75, 3.05) is 0 Å². The van der Waals surface area contributed by atoms with Gasteiger partial charge in [-0.25, -0.2) is 0 Å². The molecule has 0 aromatic heterocycles. The number of halogens is 6. The number of hydrogen-bond acceptors (Lipinski definition) is 1. The van der Waals surface area contributed by atoms with E-state index in [4.69, 9.17) is 0 Å². The summed E-state index contributed by atoms with van der Waals surface area (Å²) in [5.41, 5.74) is -3.09. The molecule has 19 heavy (non-hydrogen) atoms. The molecule has 0 heterocycles. The minimum absolute atomic E-state index is 0.0200. The van der Waals surface area contributed by atoms with Crippen LogP contribution in [0.25, 0.3) is 5.57 Å². The van der Waals surface area contributed by atoms with Gasteiger partial charge in [0.1, 0.15) is 6.29 Å². The van der Waals surface area contributed by atoms with Crippen molar-refractivity contribution in [2.24, 2.45) is 0 Å². The van der Waals surface area contributed by atoms with Crippen LogP contribution in [0.2, 0.25) is 0 Å². The maximum absolute atomic E-state index is 12.5. The van der Waals surface area contributed by atoms with Crippen LogP contribution in [-0.2, 0) is 17.1 Å². The van der Waals surface area contributed by atoms with Crippen molar-refractivity contribution in [3.8, 4) is 0 Å². The molecule has 1 aromatic carbocycles. The van der Waals surface area contributed by atoms with Crippen molar-refractivity contribution in [1.82, 2.24) is 0 Å². The van der Waals surface area contributed by atoms with Gasteiger partial charge in [0.05, 0.1) is 11.1 Å². The van der Waals surface area contributed by atoms with E-state index in [1.165, 1.54) is 6.92 Å². The van der Waals surface area contributed by atoms with Gasteiger partial charge in [0.15, 0.2) is 0 Å². The summed E-state index contributed by atoms with van der Waals surface area (Å²) in [6.07, 6.45) is -8.59. The Morgan fingerprint density at radius 3 is 1.68 bits per heavy atom. The molecule has 1 nitrogen and oxygen atoms in total. The van der Waals surface area contributed by atoms with Crippen LogP contribution in [0.5, 0.6) is 0 Å². The van der Waals surface area contributed by atoms with E-state index in [1.54, 1.807) is 0 Å². The molecule has 0 saturated heterocycles. The van der Waals surface area contributed by atoms with Gasteiger partial charge < -0.3 is 0 Å². The molecule has 0 aliphatic carbocycles. The summed E-state index contributed by atoms with van der Waals surface area (Å²) in [6.45, 7) is 1.25. The average molecular weight is 282 g/mol. The molecule has 0 radical (unpaired) electrons. The van der Waals surface area contributed by atoms with Crippen LogP contribution in [0.3, 0.4) is 0 Å². The van der Waals surface area contributed by atoms with Gasteiger partial charge in [-0.1, -0.05) is 0 Å². The van der Waals surface area contributed by atoms with Gasteiger partial charge in [-0.05, 0) is 42.3 Å². The molecule has 1 rings (SSSR count). The van der Waals surface area contributed by atoms with E-state index < -0.39 is 23.5 Å². The van der Waals surface area contributed by atoms with Gasteiger partial charge in [-0.2, -0.15) is 26.3 Å². The first-order valence-corrected chi connectivity index (χ1v) is 4.97. The third-order valence-corrected chi connectivity index (χ3v) is 2.36. The molecular formula is C12H8F6O. The van der Waals surface area contributed by atoms with Crippen molar-refractivity contribution in [1.29, 1.82) is 0 Å². The highest BCUT2D eigenvalue weighted by Crippen LogP contribution is 2.37. The molecule has 0 amide bonds. The highest BCUT2D eigenvalue weighted by molar-refractivity contribution is 5.81. The normalized spacial score (nSPS) is 13.5. The van der Waals surface area contributed by atoms with E-state index in [9.17, 15) is 31.1 Å². The number of carbonyl (C=O) groups excluding carboxylic acids is 1. The summed E-state index contributed by atoms with van der Waals surface area (Å²) >= 11 is 0. The van der Waals surface area contributed by atoms with Crippen LogP contribution in [0.4, 0.5) is 26.3 Å². The molecule has 0 fully saturated rings. The zero-order valence-corrected chi connectivity index (χ0v) is 9.56. The van der Waals surface area contributed by atoms with E-state index >= 15 is 0 Å². The second-order valence-electron chi connectivity index (χ2n) is 3.78. The number of aldehydes is 1. The second-order valence-corrected chi connectivity index (χ2v) is 3.78. The van der Waals surface area contributed by atoms with Gasteiger partial charge >= 0.3 is 12.4 Å². The maximum atomic E-state index is 12.5. The van der Waals surface area contributed by atoms with Crippen molar-refractivity contribution in [3.05, 3.63) is 41.0 Å². The van der Waals surface area contributed by atoms with E-state index in [0.717, 1.165) is 6.08 Å². The molecule has 0 aliphatic rings. The average Bonchev–Trinajstić information content (AvgIpc) is 2.26. The van der Waals surface area contributed by atoms with E-state index in [2.05, 4.69) is 0 Å². The van der Waals surface area contributed by atoms with Gasteiger partial charge in [0.2, 0.25) is 0 Å². The van der Waals surface area contributed by atoms with Gasteiger partial charge in [0.25, 0.3) is 0 Å². The zero-order chi connectivity index (χ0) is 14.8. The Morgan fingerprint density at radius 2 is 1.37 bits per heavy atom.